The molecule has 0 aromatic heterocycles. The summed E-state index contributed by atoms with van der Waals surface area (Å²) < 4.78 is 7.89. The van der Waals surface area contributed by atoms with Crippen molar-refractivity contribution in [3.8, 4) is 0 Å². The first-order valence-electron chi connectivity index (χ1n) is 2.19. The molecule has 0 heterocycles. The van der Waals surface area contributed by atoms with Crippen LogP contribution in [0.1, 0.15) is 6.92 Å². The maximum absolute atomic E-state index is 10.1. The molecule has 0 rings (SSSR count). The molecule has 0 fully saturated rings. The Bertz CT molecular complexity index is 122. The normalized spacial score (nSPS) is 8.11. The molecule has 0 aromatic carbocycles. The fraction of sp³-hybridized carbons (Fsp3) is 0.500. The number of hydrogen-bond donors (Lipinski definition) is 0. The Balaban J connectivity index is 3.28. The molecule has 0 aliphatic rings. The smallest absolute Gasteiger partial charge is 0.378 e. The molecule has 0 aliphatic heterocycles. The predicted octanol–water partition coefficient (Wildman–Crippen LogP) is -0.824. The molecule has 0 N–H and O–H groups in total. The van der Waals surface area contributed by atoms with Crippen molar-refractivity contribution >= 4 is 20.0 Å². The average Bonchev–Trinajstić information content (AvgIpc) is 1.83. The summed E-state index contributed by atoms with van der Waals surface area (Å²) in [6, 6.07) is 0. The third kappa shape index (κ3) is 4.87. The van der Waals surface area contributed by atoms with E-state index in [4.69, 9.17) is 0 Å². The average molecular weight is 128 g/mol. The van der Waals surface area contributed by atoms with Crippen LogP contribution in [0.25, 0.3) is 0 Å². The van der Waals surface area contributed by atoms with Crippen molar-refractivity contribution in [3.05, 3.63) is 0 Å². The van der Waals surface area contributed by atoms with Crippen LogP contribution in [-0.2, 0) is 19.0 Å². The fourth-order valence-corrected chi connectivity index (χ4v) is 0.195. The van der Waals surface area contributed by atoms with Crippen molar-refractivity contribution in [2.24, 2.45) is 0 Å². The lowest BCUT2D eigenvalue weighted by atomic mass is 10.5. The van der Waals surface area contributed by atoms with Gasteiger partial charge >= 0.3 is 20.0 Å². The lowest BCUT2D eigenvalue weighted by Crippen LogP contribution is -2.13. The van der Waals surface area contributed by atoms with Gasteiger partial charge in [0.25, 0.3) is 0 Å². The van der Waals surface area contributed by atoms with Crippen LogP contribution < -0.4 is 0 Å². The maximum Gasteiger partial charge on any atom is 0.378 e. The Labute approximate surface area is 53.6 Å². The summed E-state index contributed by atoms with van der Waals surface area (Å²) in [6.07, 6.45) is 0. The molecule has 0 bridgehead atoms. The van der Waals surface area contributed by atoms with E-state index >= 15 is 0 Å². The fourth-order valence-electron chi connectivity index (χ4n) is 0.195. The van der Waals surface area contributed by atoms with E-state index in [9.17, 15) is 9.59 Å². The summed E-state index contributed by atoms with van der Waals surface area (Å²) in [6.45, 7) is 0.760. The zero-order chi connectivity index (χ0) is 7.28. The topological polar surface area (TPSA) is 52.6 Å². The number of ether oxygens (including phenoxy) is 1. The quantitative estimate of drug-likeness (QED) is 0.360. The van der Waals surface area contributed by atoms with E-state index < -0.39 is 18.5 Å². The van der Waals surface area contributed by atoms with Crippen molar-refractivity contribution in [2.75, 3.05) is 6.61 Å². The number of carbonyl (C=O) groups excluding carboxylic acids is 2. The largest absolute Gasteiger partial charge is 0.541 e. The van der Waals surface area contributed by atoms with Crippen molar-refractivity contribution in [3.63, 3.8) is 0 Å². The van der Waals surface area contributed by atoms with E-state index in [1.54, 1.807) is 0 Å². The SMILES string of the molecule is [B]OC(=O)COC(C)=O. The highest BCUT2D eigenvalue weighted by Gasteiger charge is 2.00. The van der Waals surface area contributed by atoms with E-state index in [0.29, 0.717) is 0 Å². The van der Waals surface area contributed by atoms with Crippen LogP contribution in [0.5, 0.6) is 0 Å². The van der Waals surface area contributed by atoms with Crippen molar-refractivity contribution in [1.82, 2.24) is 0 Å². The third-order valence-electron chi connectivity index (χ3n) is 0.525. The molecular formula is C4H5BO4. The van der Waals surface area contributed by atoms with Gasteiger partial charge < -0.3 is 9.39 Å². The molecule has 0 atom stereocenters. The zero-order valence-electron chi connectivity index (χ0n) is 4.92. The zero-order valence-corrected chi connectivity index (χ0v) is 4.92. The number of carbonyl (C=O) groups is 2. The minimum Gasteiger partial charge on any atom is -0.541 e. The lowest BCUT2D eigenvalue weighted by molar-refractivity contribution is -0.151. The summed E-state index contributed by atoms with van der Waals surface area (Å²) in [5.74, 6) is -1.31. The van der Waals surface area contributed by atoms with Crippen LogP contribution in [-0.4, -0.2) is 26.6 Å². The maximum atomic E-state index is 10.1. The van der Waals surface area contributed by atoms with Crippen molar-refractivity contribution in [2.45, 2.75) is 6.92 Å². The van der Waals surface area contributed by atoms with Crippen LogP contribution in [0.15, 0.2) is 0 Å². The van der Waals surface area contributed by atoms with Crippen LogP contribution in [0.4, 0.5) is 0 Å². The first kappa shape index (κ1) is 8.00. The first-order chi connectivity index (χ1) is 4.16. The van der Waals surface area contributed by atoms with E-state index in [1.807, 2.05) is 0 Å². The molecule has 0 amide bonds. The molecule has 4 nitrogen and oxygen atoms in total. The van der Waals surface area contributed by atoms with E-state index in [-0.39, 0.29) is 0 Å². The second-order valence-electron chi connectivity index (χ2n) is 1.27. The van der Waals surface area contributed by atoms with Crippen LogP contribution in [0, 0.1) is 0 Å². The van der Waals surface area contributed by atoms with Gasteiger partial charge in [-0.05, 0) is 0 Å². The highest BCUT2D eigenvalue weighted by Crippen LogP contribution is 1.77. The molecule has 0 saturated heterocycles. The van der Waals surface area contributed by atoms with Crippen molar-refractivity contribution in [1.29, 1.82) is 0 Å². The van der Waals surface area contributed by atoms with Gasteiger partial charge in [-0.3, -0.25) is 9.59 Å². The van der Waals surface area contributed by atoms with E-state index in [1.165, 1.54) is 6.92 Å². The Morgan fingerprint density at radius 2 is 2.11 bits per heavy atom. The van der Waals surface area contributed by atoms with Gasteiger partial charge in [-0.2, -0.15) is 0 Å². The standard InChI is InChI=1S/C4H5BO4/c1-3(6)8-2-4(7)9-5/h2H2,1H3. The molecule has 48 valence electrons. The molecule has 0 aliphatic carbocycles. The van der Waals surface area contributed by atoms with Gasteiger partial charge in [0.1, 0.15) is 0 Å². The molecular weight excluding hydrogens is 123 g/mol. The van der Waals surface area contributed by atoms with Gasteiger partial charge in [0.15, 0.2) is 6.61 Å². The molecule has 5 heteroatoms. The Morgan fingerprint density at radius 1 is 1.56 bits per heavy atom. The highest BCUT2D eigenvalue weighted by molar-refractivity contribution is 6.05. The van der Waals surface area contributed by atoms with E-state index in [0.717, 1.165) is 0 Å². The summed E-state index contributed by atoms with van der Waals surface area (Å²) in [4.78, 5) is 20.1. The number of hydrogen-bond acceptors (Lipinski definition) is 4. The van der Waals surface area contributed by atoms with Gasteiger partial charge in [0, 0.05) is 6.92 Å². The number of esters is 1. The summed E-state index contributed by atoms with van der Waals surface area (Å²) in [7, 11) is 4.42. The molecule has 9 heavy (non-hydrogen) atoms. The molecule has 0 unspecified atom stereocenters. The summed E-state index contributed by atoms with van der Waals surface area (Å²) >= 11 is 0. The van der Waals surface area contributed by atoms with Gasteiger partial charge in [-0.15, -0.1) is 0 Å². The lowest BCUT2D eigenvalue weighted by Gasteiger charge is -1.97. The number of rotatable bonds is 2. The molecule has 2 radical (unpaired) electrons. The monoisotopic (exact) mass is 128 g/mol. The molecule has 0 aromatic rings. The highest BCUT2D eigenvalue weighted by atomic mass is 16.6. The minimum absolute atomic E-state index is 0.425. The Hall–Kier alpha value is -0.995. The second-order valence-corrected chi connectivity index (χ2v) is 1.27. The van der Waals surface area contributed by atoms with Gasteiger partial charge in [-0.25, -0.2) is 0 Å². The molecule has 0 spiro atoms. The Kier molecular flexibility index (Phi) is 3.51. The third-order valence-corrected chi connectivity index (χ3v) is 0.525. The second kappa shape index (κ2) is 3.94. The van der Waals surface area contributed by atoms with Crippen LogP contribution in [0.3, 0.4) is 0 Å². The Morgan fingerprint density at radius 3 is 2.44 bits per heavy atom. The summed E-state index contributed by atoms with van der Waals surface area (Å²) in [5.41, 5.74) is 0. The first-order valence-corrected chi connectivity index (χ1v) is 2.19. The minimum atomic E-state index is -0.773. The van der Waals surface area contributed by atoms with Gasteiger partial charge in [-0.1, -0.05) is 0 Å². The van der Waals surface area contributed by atoms with E-state index in [2.05, 4.69) is 17.4 Å². The van der Waals surface area contributed by atoms with Crippen LogP contribution >= 0.6 is 0 Å². The summed E-state index contributed by atoms with van der Waals surface area (Å²) in [5, 5.41) is 0. The van der Waals surface area contributed by atoms with Crippen LogP contribution in [0.2, 0.25) is 0 Å². The van der Waals surface area contributed by atoms with Gasteiger partial charge in [0.05, 0.1) is 0 Å². The van der Waals surface area contributed by atoms with Crippen molar-refractivity contribution < 1.29 is 19.0 Å². The van der Waals surface area contributed by atoms with Gasteiger partial charge in [0.2, 0.25) is 0 Å². The molecule has 0 saturated carbocycles. The predicted molar refractivity (Wildman–Crippen MR) is 28.5 cm³/mol.